The lowest BCUT2D eigenvalue weighted by Crippen LogP contribution is -2.22. The molecule has 0 saturated carbocycles. The first-order chi connectivity index (χ1) is 13.5. The third-order valence-corrected chi connectivity index (χ3v) is 6.21. The van der Waals surface area contributed by atoms with E-state index in [0.29, 0.717) is 11.4 Å². The molecular formula is C21H20FN3O2S. The van der Waals surface area contributed by atoms with E-state index in [0.717, 1.165) is 22.7 Å². The summed E-state index contributed by atoms with van der Waals surface area (Å²) in [6, 6.07) is 14.1. The number of amides is 1. The molecule has 0 saturated heterocycles. The van der Waals surface area contributed by atoms with Crippen LogP contribution in [0.4, 0.5) is 10.2 Å². The number of anilines is 1. The Kier molecular flexibility index (Phi) is 4.85. The predicted molar refractivity (Wildman–Crippen MR) is 109 cm³/mol. The number of ether oxygens (including phenoxy) is 1. The minimum Gasteiger partial charge on any atom is -0.497 e. The summed E-state index contributed by atoms with van der Waals surface area (Å²) in [4.78, 5) is 12.6. The summed E-state index contributed by atoms with van der Waals surface area (Å²) in [5.74, 6) is 0.901. The van der Waals surface area contributed by atoms with Crippen LogP contribution in [0.3, 0.4) is 0 Å². The van der Waals surface area contributed by atoms with Gasteiger partial charge in [-0.05, 0) is 44.2 Å². The van der Waals surface area contributed by atoms with E-state index in [1.807, 2.05) is 44.2 Å². The Morgan fingerprint density at radius 2 is 1.89 bits per heavy atom. The highest BCUT2D eigenvalue weighted by atomic mass is 32.2. The predicted octanol–water partition coefficient (Wildman–Crippen LogP) is 4.49. The van der Waals surface area contributed by atoms with Gasteiger partial charge in [0.25, 0.3) is 0 Å². The Bertz CT molecular complexity index is 1030. The first-order valence-corrected chi connectivity index (χ1v) is 9.88. The molecule has 2 heterocycles. The fourth-order valence-electron chi connectivity index (χ4n) is 3.35. The number of carbonyl (C=O) groups is 1. The van der Waals surface area contributed by atoms with E-state index in [4.69, 9.17) is 4.74 Å². The Morgan fingerprint density at radius 3 is 2.57 bits per heavy atom. The molecule has 2 aromatic carbocycles. The zero-order chi connectivity index (χ0) is 19.8. The largest absolute Gasteiger partial charge is 0.497 e. The molecule has 144 valence electrons. The zero-order valence-electron chi connectivity index (χ0n) is 15.8. The highest BCUT2D eigenvalue weighted by Gasteiger charge is 2.35. The van der Waals surface area contributed by atoms with Gasteiger partial charge in [0.15, 0.2) is 0 Å². The van der Waals surface area contributed by atoms with Crippen molar-refractivity contribution in [1.29, 1.82) is 0 Å². The molecular weight excluding hydrogens is 377 g/mol. The highest BCUT2D eigenvalue weighted by molar-refractivity contribution is 8.01. The molecule has 1 N–H and O–H groups in total. The minimum atomic E-state index is -0.336. The van der Waals surface area contributed by atoms with Crippen LogP contribution in [0.15, 0.2) is 48.5 Å². The number of aromatic nitrogens is 2. The normalized spacial score (nSPS) is 18.9. The van der Waals surface area contributed by atoms with Gasteiger partial charge in [-0.1, -0.05) is 18.2 Å². The van der Waals surface area contributed by atoms with Gasteiger partial charge in [0.2, 0.25) is 5.91 Å². The Balaban J connectivity index is 1.90. The number of rotatable bonds is 3. The van der Waals surface area contributed by atoms with Gasteiger partial charge in [0.05, 0.1) is 29.0 Å². The van der Waals surface area contributed by atoms with Crippen LogP contribution in [-0.2, 0) is 4.79 Å². The maximum Gasteiger partial charge on any atom is 0.238 e. The van der Waals surface area contributed by atoms with Crippen molar-refractivity contribution in [2.75, 3.05) is 12.4 Å². The minimum absolute atomic E-state index is 0.125. The van der Waals surface area contributed by atoms with Crippen molar-refractivity contribution < 1.29 is 13.9 Å². The Hall–Kier alpha value is -2.80. The molecule has 7 heteroatoms. The van der Waals surface area contributed by atoms with Crippen LogP contribution in [0, 0.1) is 12.7 Å². The molecule has 2 atom stereocenters. The third kappa shape index (κ3) is 3.16. The number of methoxy groups -OCH3 is 1. The van der Waals surface area contributed by atoms with E-state index in [9.17, 15) is 9.18 Å². The summed E-state index contributed by atoms with van der Waals surface area (Å²) in [7, 11) is 1.61. The van der Waals surface area contributed by atoms with E-state index < -0.39 is 0 Å². The van der Waals surface area contributed by atoms with Crippen LogP contribution in [-0.4, -0.2) is 28.0 Å². The number of hydrogen-bond donors (Lipinski definition) is 1. The molecule has 1 aromatic heterocycles. The van der Waals surface area contributed by atoms with Crippen molar-refractivity contribution in [2.24, 2.45) is 0 Å². The second-order valence-electron chi connectivity index (χ2n) is 6.63. The average Bonchev–Trinajstić information content (AvgIpc) is 2.95. The Morgan fingerprint density at radius 1 is 1.18 bits per heavy atom. The van der Waals surface area contributed by atoms with Crippen molar-refractivity contribution >= 4 is 23.5 Å². The topological polar surface area (TPSA) is 56.1 Å². The van der Waals surface area contributed by atoms with Gasteiger partial charge >= 0.3 is 0 Å². The zero-order valence-corrected chi connectivity index (χ0v) is 16.6. The van der Waals surface area contributed by atoms with Crippen LogP contribution in [0.1, 0.15) is 29.0 Å². The highest BCUT2D eigenvalue weighted by Crippen LogP contribution is 2.46. The summed E-state index contributed by atoms with van der Waals surface area (Å²) in [6.45, 7) is 3.72. The number of benzene rings is 2. The number of aryl methyl sites for hydroxylation is 1. The number of nitrogens with one attached hydrogen (secondary N) is 1. The fourth-order valence-corrected chi connectivity index (χ4v) is 4.70. The molecule has 0 fully saturated rings. The fraction of sp³-hybridized carbons (Fsp3) is 0.238. The van der Waals surface area contributed by atoms with Crippen molar-refractivity contribution in [3.63, 3.8) is 0 Å². The van der Waals surface area contributed by atoms with Crippen LogP contribution in [0.25, 0.3) is 5.69 Å². The van der Waals surface area contributed by atoms with E-state index in [-0.39, 0.29) is 22.2 Å². The van der Waals surface area contributed by atoms with E-state index >= 15 is 0 Å². The summed E-state index contributed by atoms with van der Waals surface area (Å²) < 4.78 is 21.5. The van der Waals surface area contributed by atoms with E-state index in [2.05, 4.69) is 10.4 Å². The molecule has 4 rings (SSSR count). The van der Waals surface area contributed by atoms with Crippen LogP contribution < -0.4 is 10.1 Å². The average molecular weight is 397 g/mol. The van der Waals surface area contributed by atoms with E-state index in [1.165, 1.54) is 17.8 Å². The quantitative estimate of drug-likeness (QED) is 0.707. The molecule has 28 heavy (non-hydrogen) atoms. The number of thioether (sulfide) groups is 1. The second kappa shape index (κ2) is 7.31. The van der Waals surface area contributed by atoms with Gasteiger partial charge in [-0.25, -0.2) is 9.07 Å². The first-order valence-electron chi connectivity index (χ1n) is 8.94. The lowest BCUT2D eigenvalue weighted by Gasteiger charge is -2.18. The van der Waals surface area contributed by atoms with Gasteiger partial charge in [0.1, 0.15) is 17.4 Å². The first kappa shape index (κ1) is 18.6. The van der Waals surface area contributed by atoms with Gasteiger partial charge in [-0.2, -0.15) is 5.10 Å². The third-order valence-electron chi connectivity index (χ3n) is 4.82. The molecule has 0 aliphatic carbocycles. The van der Waals surface area contributed by atoms with Crippen molar-refractivity contribution in [2.45, 2.75) is 24.3 Å². The van der Waals surface area contributed by atoms with Gasteiger partial charge < -0.3 is 10.1 Å². The monoisotopic (exact) mass is 397 g/mol. The smallest absolute Gasteiger partial charge is 0.238 e. The van der Waals surface area contributed by atoms with Crippen LogP contribution in [0.5, 0.6) is 5.75 Å². The maximum atomic E-state index is 14.6. The van der Waals surface area contributed by atoms with Crippen LogP contribution in [0.2, 0.25) is 0 Å². The maximum absolute atomic E-state index is 14.6. The molecule has 0 spiro atoms. The van der Waals surface area contributed by atoms with Gasteiger partial charge in [0, 0.05) is 11.1 Å². The molecule has 1 amide bonds. The summed E-state index contributed by atoms with van der Waals surface area (Å²) in [5.41, 5.74) is 2.91. The second-order valence-corrected chi connectivity index (χ2v) is 8.08. The van der Waals surface area contributed by atoms with Crippen molar-refractivity contribution in [3.05, 3.63) is 71.2 Å². The van der Waals surface area contributed by atoms with E-state index in [1.54, 1.807) is 23.9 Å². The number of halogens is 1. The number of hydrogen-bond acceptors (Lipinski definition) is 4. The molecule has 0 radical (unpaired) electrons. The molecule has 5 nitrogen and oxygen atoms in total. The van der Waals surface area contributed by atoms with Gasteiger partial charge in [-0.3, -0.25) is 4.79 Å². The summed E-state index contributed by atoms with van der Waals surface area (Å²) in [5, 5.41) is 6.98. The Labute approximate surface area is 166 Å². The summed E-state index contributed by atoms with van der Waals surface area (Å²) >= 11 is 1.43. The summed E-state index contributed by atoms with van der Waals surface area (Å²) in [6.07, 6.45) is 0. The number of fused-ring (bicyclic) bond motifs is 1. The molecule has 0 unspecified atom stereocenters. The van der Waals surface area contributed by atoms with Crippen molar-refractivity contribution in [3.8, 4) is 11.4 Å². The number of carbonyl (C=O) groups excluding carboxylic acids is 1. The molecule has 3 aromatic rings. The molecule has 1 aliphatic rings. The molecule has 1 aliphatic heterocycles. The standard InChI is InChI=1S/C21H20FN3O2S/c1-12-18-19(16-6-4-5-7-17(16)22)28-13(2)21(26)23-20(18)25(24-12)14-8-10-15(27-3)11-9-14/h4-11,13,19H,1-3H3,(H,23,26)/t13-,19+/m1/s1. The number of nitrogens with zero attached hydrogens (tertiary/aromatic N) is 2. The van der Waals surface area contributed by atoms with Gasteiger partial charge in [-0.15, -0.1) is 11.8 Å². The molecule has 0 bridgehead atoms. The van der Waals surface area contributed by atoms with Crippen LogP contribution >= 0.6 is 11.8 Å². The lowest BCUT2D eigenvalue weighted by molar-refractivity contribution is -0.115. The lowest BCUT2D eigenvalue weighted by atomic mass is 10.0. The SMILES string of the molecule is COc1ccc(-n2nc(C)c3c2NC(=O)[C@@H](C)S[C@H]3c2ccccc2F)cc1. The van der Waals surface area contributed by atoms with Crippen molar-refractivity contribution in [1.82, 2.24) is 9.78 Å².